The molecule has 1 aromatic carbocycles. The molecular formula is C15H19N3O. The van der Waals surface area contributed by atoms with Gasteiger partial charge in [-0.25, -0.2) is 0 Å². The van der Waals surface area contributed by atoms with Crippen molar-refractivity contribution in [3.8, 4) is 11.4 Å². The van der Waals surface area contributed by atoms with Crippen LogP contribution in [0, 0.1) is 12.8 Å². The van der Waals surface area contributed by atoms with Gasteiger partial charge in [-0.15, -0.1) is 0 Å². The minimum Gasteiger partial charge on any atom is -0.337 e. The summed E-state index contributed by atoms with van der Waals surface area (Å²) in [7, 11) is 0. The van der Waals surface area contributed by atoms with Crippen LogP contribution in [0.5, 0.6) is 0 Å². The molecule has 1 saturated heterocycles. The lowest BCUT2D eigenvalue weighted by Crippen LogP contribution is -2.33. The molecule has 4 nitrogen and oxygen atoms in total. The Labute approximate surface area is 113 Å². The number of aromatic nitrogens is 2. The fraction of sp³-hybridized carbons (Fsp3) is 0.467. The van der Waals surface area contributed by atoms with E-state index in [1.54, 1.807) is 0 Å². The number of hydrogen-bond acceptors (Lipinski definition) is 4. The van der Waals surface area contributed by atoms with Crippen molar-refractivity contribution >= 4 is 0 Å². The van der Waals surface area contributed by atoms with E-state index in [4.69, 9.17) is 4.52 Å². The Balaban J connectivity index is 1.84. The van der Waals surface area contributed by atoms with Crippen molar-refractivity contribution in [2.45, 2.75) is 32.7 Å². The third kappa shape index (κ3) is 2.54. The van der Waals surface area contributed by atoms with Crippen LogP contribution in [0.4, 0.5) is 0 Å². The smallest absolute Gasteiger partial charge is 0.244 e. The zero-order chi connectivity index (χ0) is 13.2. The number of aryl methyl sites for hydroxylation is 1. The van der Waals surface area contributed by atoms with Crippen molar-refractivity contribution in [3.05, 3.63) is 35.7 Å². The molecule has 0 radical (unpaired) electrons. The lowest BCUT2D eigenvalue weighted by Gasteiger charge is -2.26. The Morgan fingerprint density at radius 3 is 2.79 bits per heavy atom. The molecule has 2 heterocycles. The van der Waals surface area contributed by atoms with E-state index in [-0.39, 0.29) is 6.04 Å². The summed E-state index contributed by atoms with van der Waals surface area (Å²) in [6.07, 6.45) is 2.43. The summed E-state index contributed by atoms with van der Waals surface area (Å²) in [5.41, 5.74) is 2.24. The van der Waals surface area contributed by atoms with Crippen LogP contribution >= 0.6 is 0 Å². The van der Waals surface area contributed by atoms with E-state index in [2.05, 4.69) is 41.4 Å². The second-order valence-electron chi connectivity index (χ2n) is 5.37. The molecule has 4 heteroatoms. The summed E-state index contributed by atoms with van der Waals surface area (Å²) in [5.74, 6) is 1.93. The van der Waals surface area contributed by atoms with Crippen LogP contribution in [-0.2, 0) is 0 Å². The van der Waals surface area contributed by atoms with E-state index >= 15 is 0 Å². The molecule has 0 saturated carbocycles. The largest absolute Gasteiger partial charge is 0.337 e. The standard InChI is InChI=1S/C15H19N3O/c1-10-5-7-12(8-6-10)14-17-15(19-18-14)13-11(2)4-3-9-16-13/h5-8,11,13,16H,3-4,9H2,1-2H3. The third-order valence-electron chi connectivity index (χ3n) is 3.79. The molecule has 3 rings (SSSR count). The maximum Gasteiger partial charge on any atom is 0.244 e. The van der Waals surface area contributed by atoms with Crippen LogP contribution < -0.4 is 5.32 Å². The van der Waals surface area contributed by atoms with Crippen LogP contribution in [0.3, 0.4) is 0 Å². The SMILES string of the molecule is Cc1ccc(-c2noc(C3NCCCC3C)n2)cc1. The van der Waals surface area contributed by atoms with Crippen LogP contribution in [0.15, 0.2) is 28.8 Å². The fourth-order valence-corrected chi connectivity index (χ4v) is 2.56. The van der Waals surface area contributed by atoms with Gasteiger partial charge in [0.2, 0.25) is 11.7 Å². The highest BCUT2D eigenvalue weighted by atomic mass is 16.5. The van der Waals surface area contributed by atoms with E-state index in [0.717, 1.165) is 12.1 Å². The maximum absolute atomic E-state index is 5.44. The summed E-state index contributed by atoms with van der Waals surface area (Å²) in [6, 6.07) is 8.38. The second-order valence-corrected chi connectivity index (χ2v) is 5.37. The lowest BCUT2D eigenvalue weighted by atomic mass is 9.93. The second kappa shape index (κ2) is 5.13. The zero-order valence-electron chi connectivity index (χ0n) is 11.4. The molecule has 0 aliphatic carbocycles. The van der Waals surface area contributed by atoms with Crippen LogP contribution in [0.25, 0.3) is 11.4 Å². The minimum atomic E-state index is 0.195. The normalized spacial score (nSPS) is 23.5. The van der Waals surface area contributed by atoms with Crippen molar-refractivity contribution in [1.82, 2.24) is 15.5 Å². The molecule has 1 fully saturated rings. The van der Waals surface area contributed by atoms with Gasteiger partial charge in [0.05, 0.1) is 6.04 Å². The highest BCUT2D eigenvalue weighted by Gasteiger charge is 2.27. The number of hydrogen-bond donors (Lipinski definition) is 1. The molecule has 0 spiro atoms. The first kappa shape index (κ1) is 12.4. The van der Waals surface area contributed by atoms with Gasteiger partial charge in [0.1, 0.15) is 0 Å². The molecule has 2 atom stereocenters. The molecule has 1 aliphatic heterocycles. The van der Waals surface area contributed by atoms with Gasteiger partial charge in [-0.05, 0) is 32.2 Å². The molecule has 0 bridgehead atoms. The monoisotopic (exact) mass is 257 g/mol. The van der Waals surface area contributed by atoms with Gasteiger partial charge in [0.25, 0.3) is 0 Å². The topological polar surface area (TPSA) is 51.0 Å². The molecule has 19 heavy (non-hydrogen) atoms. The Morgan fingerprint density at radius 1 is 1.26 bits per heavy atom. The summed E-state index contributed by atoms with van der Waals surface area (Å²) in [4.78, 5) is 4.54. The fourth-order valence-electron chi connectivity index (χ4n) is 2.56. The van der Waals surface area contributed by atoms with Crippen molar-refractivity contribution in [2.24, 2.45) is 5.92 Å². The molecule has 1 aliphatic rings. The molecule has 1 aromatic heterocycles. The zero-order valence-corrected chi connectivity index (χ0v) is 11.4. The Hall–Kier alpha value is -1.68. The van der Waals surface area contributed by atoms with Gasteiger partial charge in [-0.1, -0.05) is 41.9 Å². The Kier molecular flexibility index (Phi) is 3.34. The molecular weight excluding hydrogens is 238 g/mol. The summed E-state index contributed by atoms with van der Waals surface area (Å²) in [5, 5.41) is 7.56. The quantitative estimate of drug-likeness (QED) is 0.898. The van der Waals surface area contributed by atoms with E-state index in [1.165, 1.54) is 18.4 Å². The minimum absolute atomic E-state index is 0.195. The summed E-state index contributed by atoms with van der Waals surface area (Å²) >= 11 is 0. The summed E-state index contributed by atoms with van der Waals surface area (Å²) < 4.78 is 5.44. The van der Waals surface area contributed by atoms with Gasteiger partial charge in [0, 0.05) is 5.56 Å². The van der Waals surface area contributed by atoms with Crippen molar-refractivity contribution in [2.75, 3.05) is 6.54 Å². The molecule has 1 N–H and O–H groups in total. The summed E-state index contributed by atoms with van der Waals surface area (Å²) in [6.45, 7) is 5.32. The first-order chi connectivity index (χ1) is 9.24. The Bertz CT molecular complexity index is 547. The van der Waals surface area contributed by atoms with Gasteiger partial charge in [0.15, 0.2) is 0 Å². The lowest BCUT2D eigenvalue weighted by molar-refractivity contribution is 0.239. The Morgan fingerprint density at radius 2 is 2.05 bits per heavy atom. The molecule has 2 aromatic rings. The van der Waals surface area contributed by atoms with E-state index in [1.807, 2.05) is 12.1 Å². The van der Waals surface area contributed by atoms with Crippen molar-refractivity contribution < 1.29 is 4.52 Å². The van der Waals surface area contributed by atoms with Crippen molar-refractivity contribution in [1.29, 1.82) is 0 Å². The first-order valence-electron chi connectivity index (χ1n) is 6.88. The number of nitrogens with one attached hydrogen (secondary N) is 1. The third-order valence-corrected chi connectivity index (χ3v) is 3.79. The van der Waals surface area contributed by atoms with Gasteiger partial charge >= 0.3 is 0 Å². The van der Waals surface area contributed by atoms with E-state index in [9.17, 15) is 0 Å². The average molecular weight is 257 g/mol. The number of rotatable bonds is 2. The number of benzene rings is 1. The van der Waals surface area contributed by atoms with Gasteiger partial charge in [-0.2, -0.15) is 4.98 Å². The molecule has 0 amide bonds. The van der Waals surface area contributed by atoms with Gasteiger partial charge < -0.3 is 9.84 Å². The van der Waals surface area contributed by atoms with Gasteiger partial charge in [-0.3, -0.25) is 0 Å². The molecule has 100 valence electrons. The van der Waals surface area contributed by atoms with Crippen LogP contribution in [0.1, 0.15) is 37.3 Å². The van der Waals surface area contributed by atoms with Crippen LogP contribution in [-0.4, -0.2) is 16.7 Å². The van der Waals surface area contributed by atoms with Crippen LogP contribution in [0.2, 0.25) is 0 Å². The average Bonchev–Trinajstić information content (AvgIpc) is 2.89. The highest BCUT2D eigenvalue weighted by molar-refractivity contribution is 5.54. The van der Waals surface area contributed by atoms with E-state index in [0.29, 0.717) is 17.6 Å². The van der Waals surface area contributed by atoms with E-state index < -0.39 is 0 Å². The predicted octanol–water partition coefficient (Wildman–Crippen LogP) is 3.11. The number of nitrogens with zero attached hydrogens (tertiary/aromatic N) is 2. The molecule has 2 unspecified atom stereocenters. The highest BCUT2D eigenvalue weighted by Crippen LogP contribution is 2.29. The number of piperidine rings is 1. The maximum atomic E-state index is 5.44. The van der Waals surface area contributed by atoms with Crippen molar-refractivity contribution in [3.63, 3.8) is 0 Å². The predicted molar refractivity (Wildman–Crippen MR) is 73.6 cm³/mol. The first-order valence-corrected chi connectivity index (χ1v) is 6.88.